The molecule has 1 aromatic rings. The van der Waals surface area contributed by atoms with Crippen LogP contribution >= 0.6 is 0 Å². The molecule has 98 valence electrons. The van der Waals surface area contributed by atoms with E-state index >= 15 is 0 Å². The van der Waals surface area contributed by atoms with Crippen LogP contribution in [-0.4, -0.2) is 35.6 Å². The Hall–Kier alpha value is -1.69. The van der Waals surface area contributed by atoms with Gasteiger partial charge in [-0.3, -0.25) is 10.1 Å². The maximum absolute atomic E-state index is 11.8. The predicted octanol–water partition coefficient (Wildman–Crippen LogP) is 0.874. The van der Waals surface area contributed by atoms with Crippen LogP contribution in [0.3, 0.4) is 0 Å². The van der Waals surface area contributed by atoms with Crippen molar-refractivity contribution in [3.05, 3.63) is 11.8 Å². The van der Waals surface area contributed by atoms with Gasteiger partial charge in [-0.1, -0.05) is 0 Å². The fraction of sp³-hybridized carbons (Fsp3) is 0.583. The fourth-order valence-electron chi connectivity index (χ4n) is 2.03. The number of nitrogens with one attached hydrogen (secondary N) is 2. The summed E-state index contributed by atoms with van der Waals surface area (Å²) in [6, 6.07) is 1.99. The zero-order valence-corrected chi connectivity index (χ0v) is 10.7. The minimum Gasteiger partial charge on any atom is -0.481 e. The molecule has 1 fully saturated rings. The summed E-state index contributed by atoms with van der Waals surface area (Å²) in [5, 5.41) is 5.98. The number of anilines is 1. The summed E-state index contributed by atoms with van der Waals surface area (Å²) in [5.41, 5.74) is 0.760. The number of hydrogen-bond acceptors (Lipinski definition) is 5. The summed E-state index contributed by atoms with van der Waals surface area (Å²) in [6.07, 6.45) is 2.64. The van der Waals surface area contributed by atoms with E-state index in [0.29, 0.717) is 18.2 Å². The quantitative estimate of drug-likeness (QED) is 0.829. The van der Waals surface area contributed by atoms with Crippen molar-refractivity contribution in [2.24, 2.45) is 0 Å². The molecule has 0 aromatic carbocycles. The van der Waals surface area contributed by atoms with Gasteiger partial charge in [-0.25, -0.2) is 4.98 Å². The van der Waals surface area contributed by atoms with Crippen molar-refractivity contribution in [2.45, 2.75) is 32.2 Å². The smallest absolute Gasteiger partial charge is 0.232 e. The van der Waals surface area contributed by atoms with Crippen molar-refractivity contribution in [2.75, 3.05) is 19.0 Å². The predicted molar refractivity (Wildman–Crippen MR) is 67.6 cm³/mol. The third-order valence-electron chi connectivity index (χ3n) is 2.89. The van der Waals surface area contributed by atoms with E-state index in [1.54, 1.807) is 6.07 Å². The van der Waals surface area contributed by atoms with Crippen molar-refractivity contribution < 1.29 is 9.53 Å². The molecule has 0 saturated carbocycles. The highest BCUT2D eigenvalue weighted by Crippen LogP contribution is 2.13. The van der Waals surface area contributed by atoms with E-state index in [1.807, 2.05) is 6.92 Å². The summed E-state index contributed by atoms with van der Waals surface area (Å²) < 4.78 is 5.04. The number of rotatable bonds is 4. The maximum atomic E-state index is 11.8. The third-order valence-corrected chi connectivity index (χ3v) is 2.89. The SMILES string of the molecule is COc1cc(C)nc(NC(=O)CC2CCCN2)n1. The molecule has 1 atom stereocenters. The van der Waals surface area contributed by atoms with E-state index in [4.69, 9.17) is 4.74 Å². The highest BCUT2D eigenvalue weighted by molar-refractivity contribution is 5.89. The first-order chi connectivity index (χ1) is 8.67. The van der Waals surface area contributed by atoms with E-state index in [0.717, 1.165) is 25.1 Å². The van der Waals surface area contributed by atoms with Crippen LogP contribution in [-0.2, 0) is 4.79 Å². The number of nitrogens with zero attached hydrogens (tertiary/aromatic N) is 2. The zero-order chi connectivity index (χ0) is 13.0. The van der Waals surface area contributed by atoms with Gasteiger partial charge < -0.3 is 10.1 Å². The number of amides is 1. The van der Waals surface area contributed by atoms with Gasteiger partial charge in [0, 0.05) is 24.2 Å². The monoisotopic (exact) mass is 250 g/mol. The Morgan fingerprint density at radius 3 is 3.11 bits per heavy atom. The summed E-state index contributed by atoms with van der Waals surface area (Å²) in [5.74, 6) is 0.689. The van der Waals surface area contributed by atoms with Crippen LogP contribution in [0.15, 0.2) is 6.07 Å². The number of hydrogen-bond donors (Lipinski definition) is 2. The molecule has 1 saturated heterocycles. The molecule has 1 unspecified atom stereocenters. The number of ether oxygens (including phenoxy) is 1. The Morgan fingerprint density at radius 1 is 1.61 bits per heavy atom. The second-order valence-electron chi connectivity index (χ2n) is 4.42. The minimum absolute atomic E-state index is 0.0675. The van der Waals surface area contributed by atoms with Gasteiger partial charge in [0.1, 0.15) is 0 Å². The molecular formula is C12H18N4O2. The maximum Gasteiger partial charge on any atom is 0.232 e. The normalized spacial score (nSPS) is 18.7. The van der Waals surface area contributed by atoms with Crippen LogP contribution in [0, 0.1) is 6.92 Å². The molecule has 18 heavy (non-hydrogen) atoms. The first-order valence-corrected chi connectivity index (χ1v) is 6.10. The Bertz CT molecular complexity index is 430. The molecule has 0 bridgehead atoms. The topological polar surface area (TPSA) is 76.1 Å². The molecule has 1 amide bonds. The van der Waals surface area contributed by atoms with Gasteiger partial charge in [0.25, 0.3) is 0 Å². The van der Waals surface area contributed by atoms with Crippen molar-refractivity contribution in [3.63, 3.8) is 0 Å². The molecule has 0 radical (unpaired) electrons. The van der Waals surface area contributed by atoms with Crippen molar-refractivity contribution in [3.8, 4) is 5.88 Å². The Morgan fingerprint density at radius 2 is 2.44 bits per heavy atom. The van der Waals surface area contributed by atoms with Crippen LogP contribution in [0.5, 0.6) is 5.88 Å². The van der Waals surface area contributed by atoms with E-state index < -0.39 is 0 Å². The van der Waals surface area contributed by atoms with Gasteiger partial charge in [0.05, 0.1) is 7.11 Å². The van der Waals surface area contributed by atoms with Gasteiger partial charge in [0.2, 0.25) is 17.7 Å². The lowest BCUT2D eigenvalue weighted by molar-refractivity contribution is -0.116. The average Bonchev–Trinajstić information content (AvgIpc) is 2.80. The van der Waals surface area contributed by atoms with Crippen LogP contribution in [0.1, 0.15) is 25.0 Å². The number of aryl methyl sites for hydroxylation is 1. The lowest BCUT2D eigenvalue weighted by Gasteiger charge is -2.10. The van der Waals surface area contributed by atoms with E-state index in [2.05, 4.69) is 20.6 Å². The van der Waals surface area contributed by atoms with Crippen molar-refractivity contribution >= 4 is 11.9 Å². The number of carbonyl (C=O) groups excluding carboxylic acids is 1. The van der Waals surface area contributed by atoms with E-state index in [-0.39, 0.29) is 11.9 Å². The molecule has 0 spiro atoms. The first kappa shape index (κ1) is 12.8. The van der Waals surface area contributed by atoms with Crippen LogP contribution in [0.4, 0.5) is 5.95 Å². The third kappa shape index (κ3) is 3.40. The Labute approximate surface area is 106 Å². The summed E-state index contributed by atoms with van der Waals surface area (Å²) in [4.78, 5) is 20.0. The zero-order valence-electron chi connectivity index (χ0n) is 10.7. The molecule has 1 aromatic heterocycles. The standard InChI is InChI=1S/C12H18N4O2/c1-8-6-11(18-2)16-12(14-8)15-10(17)7-9-4-3-5-13-9/h6,9,13H,3-5,7H2,1-2H3,(H,14,15,16,17). The van der Waals surface area contributed by atoms with Crippen LogP contribution in [0.2, 0.25) is 0 Å². The fourth-order valence-corrected chi connectivity index (χ4v) is 2.03. The molecule has 1 aliphatic heterocycles. The Balaban J connectivity index is 1.95. The van der Waals surface area contributed by atoms with E-state index in [1.165, 1.54) is 7.11 Å². The second-order valence-corrected chi connectivity index (χ2v) is 4.42. The van der Waals surface area contributed by atoms with Gasteiger partial charge in [0.15, 0.2) is 0 Å². The largest absolute Gasteiger partial charge is 0.481 e. The molecule has 0 aliphatic carbocycles. The van der Waals surface area contributed by atoms with E-state index in [9.17, 15) is 4.79 Å². The highest BCUT2D eigenvalue weighted by atomic mass is 16.5. The summed E-state index contributed by atoms with van der Waals surface area (Å²) >= 11 is 0. The summed E-state index contributed by atoms with van der Waals surface area (Å²) in [6.45, 7) is 2.82. The molecular weight excluding hydrogens is 232 g/mol. The van der Waals surface area contributed by atoms with Crippen molar-refractivity contribution in [1.29, 1.82) is 0 Å². The molecule has 2 N–H and O–H groups in total. The second kappa shape index (κ2) is 5.77. The molecule has 1 aliphatic rings. The van der Waals surface area contributed by atoms with Gasteiger partial charge in [-0.2, -0.15) is 4.98 Å². The Kier molecular flexibility index (Phi) is 4.09. The number of carbonyl (C=O) groups is 1. The molecule has 2 rings (SSSR count). The van der Waals surface area contributed by atoms with Crippen molar-refractivity contribution in [1.82, 2.24) is 15.3 Å². The lowest BCUT2D eigenvalue weighted by Crippen LogP contribution is -2.28. The average molecular weight is 250 g/mol. The molecule has 6 nitrogen and oxygen atoms in total. The van der Waals surface area contributed by atoms with Gasteiger partial charge in [-0.05, 0) is 26.3 Å². The van der Waals surface area contributed by atoms with Gasteiger partial charge >= 0.3 is 0 Å². The molecule has 2 heterocycles. The molecule has 6 heteroatoms. The lowest BCUT2D eigenvalue weighted by atomic mass is 10.1. The highest BCUT2D eigenvalue weighted by Gasteiger charge is 2.18. The first-order valence-electron chi connectivity index (χ1n) is 6.10. The summed E-state index contributed by atoms with van der Waals surface area (Å²) in [7, 11) is 1.54. The van der Waals surface area contributed by atoms with Crippen LogP contribution < -0.4 is 15.4 Å². The van der Waals surface area contributed by atoms with Crippen LogP contribution in [0.25, 0.3) is 0 Å². The number of aromatic nitrogens is 2. The number of methoxy groups -OCH3 is 1. The van der Waals surface area contributed by atoms with Gasteiger partial charge in [-0.15, -0.1) is 0 Å². The minimum atomic E-state index is -0.0675.